The van der Waals surface area contributed by atoms with Gasteiger partial charge < -0.3 is 16.0 Å². The Morgan fingerprint density at radius 1 is 1.00 bits per heavy atom. The molecule has 26 heavy (non-hydrogen) atoms. The standard InChI is InChI=1S/C18H22N4O3S/c1-4-15(23)19-12-5-7-13(8-6-12)20-16(24)9-14-10-26-18(21-14)22-17(25)11(2)3/h5-8,10-11H,4,9H2,1-3H3,(H,19,23)(H,20,24)(H,21,22,25). The Kier molecular flexibility index (Phi) is 6.85. The zero-order valence-corrected chi connectivity index (χ0v) is 15.8. The molecule has 0 aliphatic carbocycles. The smallest absolute Gasteiger partial charge is 0.230 e. The van der Waals surface area contributed by atoms with Crippen molar-refractivity contribution < 1.29 is 14.4 Å². The lowest BCUT2D eigenvalue weighted by Crippen LogP contribution is -2.18. The maximum absolute atomic E-state index is 12.1. The molecular formula is C18H22N4O3S. The fourth-order valence-corrected chi connectivity index (χ4v) is 2.66. The summed E-state index contributed by atoms with van der Waals surface area (Å²) in [5.74, 6) is -0.505. The Balaban J connectivity index is 1.87. The number of aromatic nitrogens is 1. The summed E-state index contributed by atoms with van der Waals surface area (Å²) >= 11 is 1.29. The van der Waals surface area contributed by atoms with E-state index in [1.807, 2.05) is 0 Å². The normalized spacial score (nSPS) is 10.5. The number of hydrogen-bond donors (Lipinski definition) is 3. The molecule has 1 aromatic heterocycles. The predicted molar refractivity (Wildman–Crippen MR) is 103 cm³/mol. The minimum Gasteiger partial charge on any atom is -0.326 e. The van der Waals surface area contributed by atoms with Crippen LogP contribution in [0.15, 0.2) is 29.6 Å². The molecule has 138 valence electrons. The lowest BCUT2D eigenvalue weighted by Gasteiger charge is -2.07. The Morgan fingerprint density at radius 3 is 2.12 bits per heavy atom. The zero-order chi connectivity index (χ0) is 19.1. The molecule has 0 saturated carbocycles. The molecule has 0 unspecified atom stereocenters. The molecule has 0 aliphatic rings. The molecule has 0 fully saturated rings. The third kappa shape index (κ3) is 5.96. The van der Waals surface area contributed by atoms with Crippen molar-refractivity contribution in [3.8, 4) is 0 Å². The molecule has 0 radical (unpaired) electrons. The van der Waals surface area contributed by atoms with Crippen molar-refractivity contribution >= 4 is 45.6 Å². The van der Waals surface area contributed by atoms with E-state index in [-0.39, 0.29) is 30.1 Å². The van der Waals surface area contributed by atoms with Crippen molar-refractivity contribution in [2.75, 3.05) is 16.0 Å². The molecule has 8 heteroatoms. The maximum atomic E-state index is 12.1. The van der Waals surface area contributed by atoms with E-state index < -0.39 is 0 Å². The summed E-state index contributed by atoms with van der Waals surface area (Å²) in [6, 6.07) is 6.90. The second-order valence-corrected chi connectivity index (χ2v) is 6.85. The molecule has 3 amide bonds. The molecule has 0 atom stereocenters. The van der Waals surface area contributed by atoms with Gasteiger partial charge in [0.25, 0.3) is 0 Å². The van der Waals surface area contributed by atoms with E-state index in [0.717, 1.165) is 0 Å². The third-order valence-corrected chi connectivity index (χ3v) is 4.23. The first-order valence-corrected chi connectivity index (χ1v) is 9.20. The second-order valence-electron chi connectivity index (χ2n) is 5.99. The van der Waals surface area contributed by atoms with E-state index in [0.29, 0.717) is 28.6 Å². The first-order chi connectivity index (χ1) is 12.4. The second kappa shape index (κ2) is 9.10. The average molecular weight is 374 g/mol. The number of amides is 3. The first kappa shape index (κ1) is 19.6. The number of hydrogen-bond acceptors (Lipinski definition) is 5. The number of rotatable bonds is 7. The summed E-state index contributed by atoms with van der Waals surface area (Å²) < 4.78 is 0. The highest BCUT2D eigenvalue weighted by molar-refractivity contribution is 7.13. The van der Waals surface area contributed by atoms with Crippen molar-refractivity contribution in [2.45, 2.75) is 33.6 Å². The van der Waals surface area contributed by atoms with Gasteiger partial charge in [-0.1, -0.05) is 20.8 Å². The van der Waals surface area contributed by atoms with Gasteiger partial charge in [0.05, 0.1) is 12.1 Å². The van der Waals surface area contributed by atoms with Crippen LogP contribution in [-0.2, 0) is 20.8 Å². The molecule has 0 aliphatic heterocycles. The monoisotopic (exact) mass is 374 g/mol. The van der Waals surface area contributed by atoms with Crippen LogP contribution in [0.4, 0.5) is 16.5 Å². The molecular weight excluding hydrogens is 352 g/mol. The molecule has 0 spiro atoms. The Hall–Kier alpha value is -2.74. The van der Waals surface area contributed by atoms with E-state index in [1.54, 1.807) is 50.4 Å². The molecule has 2 aromatic rings. The SMILES string of the molecule is CCC(=O)Nc1ccc(NC(=O)Cc2csc(NC(=O)C(C)C)n2)cc1. The zero-order valence-electron chi connectivity index (χ0n) is 15.0. The molecule has 2 rings (SSSR count). The van der Waals surface area contributed by atoms with Crippen LogP contribution in [0.3, 0.4) is 0 Å². The summed E-state index contributed by atoms with van der Waals surface area (Å²) in [6.07, 6.45) is 0.522. The highest BCUT2D eigenvalue weighted by Crippen LogP contribution is 2.18. The molecule has 7 nitrogen and oxygen atoms in total. The van der Waals surface area contributed by atoms with Gasteiger partial charge in [0.2, 0.25) is 17.7 Å². The van der Waals surface area contributed by atoms with E-state index in [2.05, 4.69) is 20.9 Å². The summed E-state index contributed by atoms with van der Waals surface area (Å²) in [6.45, 7) is 5.38. The lowest BCUT2D eigenvalue weighted by molar-refractivity contribution is -0.119. The summed E-state index contributed by atoms with van der Waals surface area (Å²) in [7, 11) is 0. The minimum atomic E-state index is -0.206. The van der Waals surface area contributed by atoms with Gasteiger partial charge in [-0.2, -0.15) is 0 Å². The van der Waals surface area contributed by atoms with Crippen molar-refractivity contribution in [3.05, 3.63) is 35.3 Å². The van der Waals surface area contributed by atoms with Gasteiger partial charge in [-0.15, -0.1) is 11.3 Å². The molecule has 1 heterocycles. The van der Waals surface area contributed by atoms with Crippen LogP contribution >= 0.6 is 11.3 Å². The van der Waals surface area contributed by atoms with Crippen LogP contribution in [-0.4, -0.2) is 22.7 Å². The number of anilines is 3. The van der Waals surface area contributed by atoms with Gasteiger partial charge in [0, 0.05) is 29.1 Å². The number of nitrogens with one attached hydrogen (secondary N) is 3. The largest absolute Gasteiger partial charge is 0.326 e. The Bertz CT molecular complexity index is 784. The van der Waals surface area contributed by atoms with Gasteiger partial charge in [-0.3, -0.25) is 14.4 Å². The summed E-state index contributed by atoms with van der Waals surface area (Å²) in [5, 5.41) is 10.5. The highest BCUT2D eigenvalue weighted by atomic mass is 32.1. The van der Waals surface area contributed by atoms with Gasteiger partial charge >= 0.3 is 0 Å². The van der Waals surface area contributed by atoms with Crippen LogP contribution < -0.4 is 16.0 Å². The fourth-order valence-electron chi connectivity index (χ4n) is 1.95. The van der Waals surface area contributed by atoms with Crippen molar-refractivity contribution in [1.29, 1.82) is 0 Å². The van der Waals surface area contributed by atoms with E-state index in [4.69, 9.17) is 0 Å². The van der Waals surface area contributed by atoms with Gasteiger partial charge in [0.1, 0.15) is 0 Å². The number of carbonyl (C=O) groups is 3. The van der Waals surface area contributed by atoms with Gasteiger partial charge in [-0.05, 0) is 24.3 Å². The average Bonchev–Trinajstić information content (AvgIpc) is 3.03. The Labute approximate surface area is 156 Å². The van der Waals surface area contributed by atoms with Crippen LogP contribution in [0.5, 0.6) is 0 Å². The quantitative estimate of drug-likeness (QED) is 0.692. The van der Waals surface area contributed by atoms with Crippen LogP contribution in [0, 0.1) is 5.92 Å². The van der Waals surface area contributed by atoms with Crippen LogP contribution in [0.2, 0.25) is 0 Å². The third-order valence-electron chi connectivity index (χ3n) is 3.42. The maximum Gasteiger partial charge on any atom is 0.230 e. The van der Waals surface area contributed by atoms with E-state index in [1.165, 1.54) is 11.3 Å². The number of thiazole rings is 1. The van der Waals surface area contributed by atoms with E-state index >= 15 is 0 Å². The Morgan fingerprint density at radius 2 is 1.58 bits per heavy atom. The van der Waals surface area contributed by atoms with Crippen molar-refractivity contribution in [3.63, 3.8) is 0 Å². The molecule has 0 saturated heterocycles. The fraction of sp³-hybridized carbons (Fsp3) is 0.333. The van der Waals surface area contributed by atoms with Crippen LogP contribution in [0.1, 0.15) is 32.9 Å². The predicted octanol–water partition coefficient (Wildman–Crippen LogP) is 3.27. The number of nitrogens with zero attached hydrogens (tertiary/aromatic N) is 1. The van der Waals surface area contributed by atoms with Gasteiger partial charge in [-0.25, -0.2) is 4.98 Å². The molecule has 1 aromatic carbocycles. The van der Waals surface area contributed by atoms with Crippen molar-refractivity contribution in [1.82, 2.24) is 4.98 Å². The summed E-state index contributed by atoms with van der Waals surface area (Å²) in [5.41, 5.74) is 1.91. The first-order valence-electron chi connectivity index (χ1n) is 8.32. The molecule has 0 bridgehead atoms. The van der Waals surface area contributed by atoms with Gasteiger partial charge in [0.15, 0.2) is 5.13 Å². The van der Waals surface area contributed by atoms with E-state index in [9.17, 15) is 14.4 Å². The molecule has 3 N–H and O–H groups in total. The number of carbonyl (C=O) groups excluding carboxylic acids is 3. The topological polar surface area (TPSA) is 100 Å². The minimum absolute atomic E-state index is 0.0642. The van der Waals surface area contributed by atoms with Crippen LogP contribution in [0.25, 0.3) is 0 Å². The highest BCUT2D eigenvalue weighted by Gasteiger charge is 2.12. The lowest BCUT2D eigenvalue weighted by atomic mass is 10.2. The van der Waals surface area contributed by atoms with Crippen molar-refractivity contribution in [2.24, 2.45) is 5.92 Å². The number of benzene rings is 1. The summed E-state index contributed by atoms with van der Waals surface area (Å²) in [4.78, 5) is 39.4.